The third kappa shape index (κ3) is 4.30. The minimum absolute atomic E-state index is 0.00270. The summed E-state index contributed by atoms with van der Waals surface area (Å²) in [7, 11) is 0. The minimum Gasteiger partial charge on any atom is -0.456 e. The summed E-state index contributed by atoms with van der Waals surface area (Å²) in [5, 5.41) is 4.63. The molecule has 1 aromatic heterocycles. The van der Waals surface area contributed by atoms with Gasteiger partial charge in [-0.1, -0.05) is 129 Å². The molecule has 2 unspecified atom stereocenters. The second kappa shape index (κ2) is 11.9. The van der Waals surface area contributed by atoms with E-state index in [0.29, 0.717) is 0 Å². The van der Waals surface area contributed by atoms with Gasteiger partial charge in [0.2, 0.25) is 0 Å². The first-order chi connectivity index (χ1) is 29.0. The molecule has 4 nitrogen and oxygen atoms in total. The van der Waals surface area contributed by atoms with E-state index in [1.54, 1.807) is 0 Å². The van der Waals surface area contributed by atoms with E-state index in [-0.39, 0.29) is 17.7 Å². The van der Waals surface area contributed by atoms with Crippen molar-refractivity contribution in [1.82, 2.24) is 0 Å². The average molecular weight is 760 g/mol. The standard InChI is InChI=1S/C54H42BN3O/c1-53-32-10-11-33-54(53,2)58-46-27-14-26-45-51(46)55(42-23-13-22-40(53)52(42)58)41-31-30-37(34-47(41)56(45)36-18-4-3-5-19-36)57(43-24-12-17-35-16-6-7-20-38(35)43)44-25-15-29-49-50(44)39-21-8-9-28-48(39)59-49/h3-9,12-31,34H,10-11,32-33H2,1-2H3. The van der Waals surface area contributed by atoms with E-state index >= 15 is 0 Å². The second-order valence-electron chi connectivity index (χ2n) is 17.5. The van der Waals surface area contributed by atoms with Crippen molar-refractivity contribution in [2.45, 2.75) is 50.5 Å². The highest BCUT2D eigenvalue weighted by atomic mass is 16.3. The van der Waals surface area contributed by atoms with E-state index in [1.807, 2.05) is 0 Å². The summed E-state index contributed by atoms with van der Waals surface area (Å²) in [6.07, 6.45) is 4.95. The number of furan rings is 1. The molecule has 9 aromatic rings. The van der Waals surface area contributed by atoms with Gasteiger partial charge in [-0.05, 0) is 108 Å². The molecular weight excluding hydrogens is 717 g/mol. The third-order valence-corrected chi connectivity index (χ3v) is 14.8. The van der Waals surface area contributed by atoms with Gasteiger partial charge in [0.15, 0.2) is 0 Å². The van der Waals surface area contributed by atoms with Crippen molar-refractivity contribution in [3.05, 3.63) is 175 Å². The fourth-order valence-electron chi connectivity index (χ4n) is 12.0. The summed E-state index contributed by atoms with van der Waals surface area (Å²) in [5.41, 5.74) is 17.3. The fraction of sp³-hybridized carbons (Fsp3) is 0.148. The molecule has 4 heterocycles. The van der Waals surface area contributed by atoms with Crippen molar-refractivity contribution in [3.8, 4) is 0 Å². The lowest BCUT2D eigenvalue weighted by atomic mass is 9.33. The molecule has 3 aliphatic heterocycles. The van der Waals surface area contributed by atoms with Crippen LogP contribution in [0.4, 0.5) is 45.5 Å². The topological polar surface area (TPSA) is 22.9 Å². The molecule has 1 aliphatic carbocycles. The van der Waals surface area contributed by atoms with Crippen LogP contribution in [0.2, 0.25) is 0 Å². The van der Waals surface area contributed by atoms with Crippen molar-refractivity contribution in [2.75, 3.05) is 14.7 Å². The zero-order valence-electron chi connectivity index (χ0n) is 33.3. The summed E-state index contributed by atoms with van der Waals surface area (Å²) in [4.78, 5) is 7.81. The number of para-hydroxylation sites is 3. The van der Waals surface area contributed by atoms with E-state index in [1.165, 1.54) is 81.2 Å². The lowest BCUT2D eigenvalue weighted by Gasteiger charge is -2.52. The second-order valence-corrected chi connectivity index (χ2v) is 17.5. The molecule has 0 bridgehead atoms. The summed E-state index contributed by atoms with van der Waals surface area (Å²) >= 11 is 0. The van der Waals surface area contributed by atoms with Crippen molar-refractivity contribution < 1.29 is 4.42 Å². The lowest BCUT2D eigenvalue weighted by Crippen LogP contribution is -2.64. The molecule has 5 heteroatoms. The van der Waals surface area contributed by atoms with Crippen molar-refractivity contribution >= 4 is 101 Å². The number of anilines is 8. The van der Waals surface area contributed by atoms with E-state index in [4.69, 9.17) is 4.42 Å². The molecule has 0 spiro atoms. The summed E-state index contributed by atoms with van der Waals surface area (Å²) in [6, 6.07) is 62.9. The quantitative estimate of drug-likeness (QED) is 0.167. The molecular formula is C54H42BN3O. The summed E-state index contributed by atoms with van der Waals surface area (Å²) in [5.74, 6) is 0. The number of benzene rings is 8. The predicted molar refractivity (Wildman–Crippen MR) is 248 cm³/mol. The van der Waals surface area contributed by atoms with Crippen molar-refractivity contribution in [3.63, 3.8) is 0 Å². The Morgan fingerprint density at radius 3 is 2.20 bits per heavy atom. The lowest BCUT2D eigenvalue weighted by molar-refractivity contribution is 0.195. The number of hydrogen-bond donors (Lipinski definition) is 0. The van der Waals surface area contributed by atoms with Gasteiger partial charge >= 0.3 is 0 Å². The maximum atomic E-state index is 6.52. The van der Waals surface area contributed by atoms with Crippen LogP contribution in [-0.2, 0) is 5.41 Å². The third-order valence-electron chi connectivity index (χ3n) is 14.8. The summed E-state index contributed by atoms with van der Waals surface area (Å²) < 4.78 is 6.52. The Morgan fingerprint density at radius 2 is 1.29 bits per heavy atom. The van der Waals surface area contributed by atoms with Crippen LogP contribution in [0.3, 0.4) is 0 Å². The molecule has 8 aromatic carbocycles. The van der Waals surface area contributed by atoms with E-state index in [9.17, 15) is 0 Å². The first-order valence-electron chi connectivity index (χ1n) is 21.3. The van der Waals surface area contributed by atoms with Crippen LogP contribution in [0.25, 0.3) is 32.7 Å². The predicted octanol–water partition coefficient (Wildman–Crippen LogP) is 12.6. The Hall–Kier alpha value is -6.72. The molecule has 1 saturated carbocycles. The maximum absolute atomic E-state index is 6.52. The largest absolute Gasteiger partial charge is 0.456 e. The van der Waals surface area contributed by atoms with Crippen LogP contribution in [0, 0.1) is 0 Å². The molecule has 0 amide bonds. The molecule has 4 aliphatic rings. The average Bonchev–Trinajstić information content (AvgIpc) is 3.76. The number of rotatable bonds is 4. The Morgan fingerprint density at radius 1 is 0.576 bits per heavy atom. The van der Waals surface area contributed by atoms with Gasteiger partial charge in [-0.3, -0.25) is 0 Å². The molecule has 1 fully saturated rings. The first kappa shape index (κ1) is 33.3. The van der Waals surface area contributed by atoms with Gasteiger partial charge in [-0.15, -0.1) is 0 Å². The SMILES string of the molecule is CC12CCCCC1(C)N1c3cccc4c3B(c3ccc(N(c5cccc6ccccc56)c5cccc6oc7ccccc7c56)cc3N4c3ccccc3)c3cccc2c31. The van der Waals surface area contributed by atoms with Gasteiger partial charge < -0.3 is 19.1 Å². The molecule has 0 radical (unpaired) electrons. The normalized spacial score (nSPS) is 19.8. The zero-order chi connectivity index (χ0) is 39.0. The number of nitrogens with zero attached hydrogens (tertiary/aromatic N) is 3. The van der Waals surface area contributed by atoms with Crippen LogP contribution in [-0.4, -0.2) is 12.3 Å². The van der Waals surface area contributed by atoms with Crippen LogP contribution in [0.15, 0.2) is 174 Å². The number of fused-ring (bicyclic) bond motifs is 11. The first-order valence-corrected chi connectivity index (χ1v) is 21.3. The zero-order valence-corrected chi connectivity index (χ0v) is 33.3. The number of hydrogen-bond acceptors (Lipinski definition) is 4. The molecule has 282 valence electrons. The maximum Gasteiger partial charge on any atom is 0.252 e. The van der Waals surface area contributed by atoms with Crippen molar-refractivity contribution in [2.24, 2.45) is 0 Å². The molecule has 13 rings (SSSR count). The smallest absolute Gasteiger partial charge is 0.252 e. The Labute approximate surface area is 345 Å². The van der Waals surface area contributed by atoms with Crippen LogP contribution in [0.5, 0.6) is 0 Å². The van der Waals surface area contributed by atoms with Crippen LogP contribution < -0.4 is 31.1 Å². The highest BCUT2D eigenvalue weighted by Crippen LogP contribution is 2.61. The van der Waals surface area contributed by atoms with Gasteiger partial charge in [-0.2, -0.15) is 0 Å². The Bertz CT molecular complexity index is 3200. The monoisotopic (exact) mass is 759 g/mol. The Balaban J connectivity index is 1.11. The van der Waals surface area contributed by atoms with Crippen LogP contribution in [0.1, 0.15) is 45.1 Å². The molecule has 59 heavy (non-hydrogen) atoms. The van der Waals surface area contributed by atoms with Crippen molar-refractivity contribution in [1.29, 1.82) is 0 Å². The highest BCUT2D eigenvalue weighted by molar-refractivity contribution is 7.00. The fourth-order valence-corrected chi connectivity index (χ4v) is 12.0. The minimum atomic E-state index is 0.00270. The van der Waals surface area contributed by atoms with Gasteiger partial charge in [-0.25, -0.2) is 0 Å². The van der Waals surface area contributed by atoms with Gasteiger partial charge in [0.1, 0.15) is 11.2 Å². The van der Waals surface area contributed by atoms with E-state index < -0.39 is 0 Å². The van der Waals surface area contributed by atoms with E-state index in [0.717, 1.165) is 44.7 Å². The van der Waals surface area contributed by atoms with Gasteiger partial charge in [0.05, 0.1) is 22.3 Å². The summed E-state index contributed by atoms with van der Waals surface area (Å²) in [6.45, 7) is 5.20. The van der Waals surface area contributed by atoms with Crippen LogP contribution >= 0.6 is 0 Å². The Kier molecular flexibility index (Phi) is 6.73. The van der Waals surface area contributed by atoms with E-state index in [2.05, 4.69) is 198 Å². The molecule has 0 saturated heterocycles. The highest BCUT2D eigenvalue weighted by Gasteiger charge is 2.61. The van der Waals surface area contributed by atoms with Gasteiger partial charge in [0.25, 0.3) is 6.71 Å². The molecule has 0 N–H and O–H groups in total. The molecule has 2 atom stereocenters. The van der Waals surface area contributed by atoms with Gasteiger partial charge in [0, 0.05) is 50.3 Å².